The van der Waals surface area contributed by atoms with E-state index in [1.54, 1.807) is 30.5 Å². The molecule has 7 nitrogen and oxygen atoms in total. The molecule has 0 unspecified atom stereocenters. The van der Waals surface area contributed by atoms with Crippen molar-refractivity contribution in [1.29, 1.82) is 0 Å². The first-order valence-electron chi connectivity index (χ1n) is 10.4. The molecule has 0 spiro atoms. The average Bonchev–Trinajstić information content (AvgIpc) is 2.78. The van der Waals surface area contributed by atoms with Crippen molar-refractivity contribution in [2.24, 2.45) is 0 Å². The number of benzene rings is 1. The van der Waals surface area contributed by atoms with Gasteiger partial charge in [-0.3, -0.25) is 4.79 Å². The van der Waals surface area contributed by atoms with Crippen LogP contribution in [0.4, 0.5) is 10.2 Å². The maximum absolute atomic E-state index is 14.8. The predicted molar refractivity (Wildman–Crippen MR) is 119 cm³/mol. The van der Waals surface area contributed by atoms with Crippen LogP contribution in [0.25, 0.3) is 11.3 Å². The number of anilines is 1. The lowest BCUT2D eigenvalue weighted by Gasteiger charge is -2.25. The van der Waals surface area contributed by atoms with Crippen molar-refractivity contribution >= 4 is 23.3 Å². The number of carbonyl (C=O) groups excluding carboxylic acids is 1. The fourth-order valence-corrected chi connectivity index (χ4v) is 4.04. The van der Waals surface area contributed by atoms with Gasteiger partial charge in [-0.15, -0.1) is 0 Å². The van der Waals surface area contributed by atoms with E-state index in [2.05, 4.69) is 20.3 Å². The van der Waals surface area contributed by atoms with Crippen LogP contribution in [0.15, 0.2) is 42.6 Å². The molecule has 0 aliphatic heterocycles. The summed E-state index contributed by atoms with van der Waals surface area (Å²) in [5, 5.41) is 12.7. The van der Waals surface area contributed by atoms with Crippen LogP contribution in [0.2, 0.25) is 5.15 Å². The zero-order valence-corrected chi connectivity index (χ0v) is 18.0. The number of rotatable bonds is 5. The molecule has 1 aliphatic rings. The number of halogens is 2. The van der Waals surface area contributed by atoms with Crippen LogP contribution in [0.5, 0.6) is 0 Å². The van der Waals surface area contributed by atoms with E-state index in [9.17, 15) is 14.3 Å². The van der Waals surface area contributed by atoms with Crippen LogP contribution < -0.4 is 11.1 Å². The lowest BCUT2D eigenvalue weighted by atomic mass is 9.85. The SMILES string of the molecule is Nc1ncc([C@H]2CC[C@H](O)CC2)nc1-c1ccc(C(=O)NCc2cccc(Cl)n2)c(F)c1. The molecule has 1 amide bonds. The summed E-state index contributed by atoms with van der Waals surface area (Å²) < 4.78 is 14.8. The first-order valence-corrected chi connectivity index (χ1v) is 10.8. The van der Waals surface area contributed by atoms with E-state index in [1.165, 1.54) is 12.1 Å². The molecule has 4 N–H and O–H groups in total. The zero-order chi connectivity index (χ0) is 22.7. The van der Waals surface area contributed by atoms with E-state index >= 15 is 0 Å². The minimum atomic E-state index is -0.688. The van der Waals surface area contributed by atoms with Crippen molar-refractivity contribution in [1.82, 2.24) is 20.3 Å². The van der Waals surface area contributed by atoms with Crippen LogP contribution in [-0.2, 0) is 6.54 Å². The third-order valence-corrected chi connectivity index (χ3v) is 5.83. The van der Waals surface area contributed by atoms with Gasteiger partial charge in [-0.2, -0.15) is 0 Å². The molecule has 1 saturated carbocycles. The van der Waals surface area contributed by atoms with Crippen LogP contribution in [0.3, 0.4) is 0 Å². The Morgan fingerprint density at radius 3 is 2.69 bits per heavy atom. The Bertz CT molecular complexity index is 1140. The van der Waals surface area contributed by atoms with Crippen molar-refractivity contribution < 1.29 is 14.3 Å². The second kappa shape index (κ2) is 9.58. The van der Waals surface area contributed by atoms with Crippen LogP contribution in [-0.4, -0.2) is 32.1 Å². The highest BCUT2D eigenvalue weighted by Crippen LogP contribution is 2.33. The number of hydrogen-bond donors (Lipinski definition) is 3. The fraction of sp³-hybridized carbons (Fsp3) is 0.304. The Morgan fingerprint density at radius 1 is 1.19 bits per heavy atom. The van der Waals surface area contributed by atoms with Crippen molar-refractivity contribution in [2.45, 2.75) is 44.2 Å². The summed E-state index contributed by atoms with van der Waals surface area (Å²) in [4.78, 5) is 25.4. The molecule has 0 atom stereocenters. The number of aliphatic hydroxyl groups is 1. The van der Waals surface area contributed by atoms with Crippen LogP contribution in [0, 0.1) is 5.82 Å². The molecule has 9 heteroatoms. The van der Waals surface area contributed by atoms with Gasteiger partial charge in [-0.25, -0.2) is 19.3 Å². The smallest absolute Gasteiger partial charge is 0.254 e. The van der Waals surface area contributed by atoms with Gasteiger partial charge in [0, 0.05) is 11.5 Å². The molecule has 4 rings (SSSR count). The number of nitrogens with two attached hydrogens (primary N) is 1. The summed E-state index contributed by atoms with van der Waals surface area (Å²) in [6, 6.07) is 9.31. The van der Waals surface area contributed by atoms with Crippen LogP contribution in [0.1, 0.15) is 53.3 Å². The van der Waals surface area contributed by atoms with E-state index in [1.807, 2.05) is 0 Å². The molecule has 1 fully saturated rings. The lowest BCUT2D eigenvalue weighted by molar-refractivity contribution is 0.0946. The van der Waals surface area contributed by atoms with Crippen molar-refractivity contribution in [3.63, 3.8) is 0 Å². The molecule has 32 heavy (non-hydrogen) atoms. The van der Waals surface area contributed by atoms with E-state index < -0.39 is 11.7 Å². The molecule has 1 aliphatic carbocycles. The Balaban J connectivity index is 1.51. The first kappa shape index (κ1) is 22.1. The van der Waals surface area contributed by atoms with Gasteiger partial charge in [-0.1, -0.05) is 23.7 Å². The number of amides is 1. The zero-order valence-electron chi connectivity index (χ0n) is 17.3. The van der Waals surface area contributed by atoms with Gasteiger partial charge in [0.05, 0.1) is 35.8 Å². The normalized spacial score (nSPS) is 18.3. The van der Waals surface area contributed by atoms with Gasteiger partial charge in [-0.05, 0) is 49.9 Å². The Hall–Kier alpha value is -3.10. The molecular weight excluding hydrogens is 433 g/mol. The molecule has 166 valence electrons. The summed E-state index contributed by atoms with van der Waals surface area (Å²) in [6.45, 7) is 0.122. The minimum Gasteiger partial charge on any atom is -0.393 e. The second-order valence-corrected chi connectivity index (χ2v) is 8.25. The lowest BCUT2D eigenvalue weighted by Crippen LogP contribution is -2.24. The highest BCUT2D eigenvalue weighted by atomic mass is 35.5. The second-order valence-electron chi connectivity index (χ2n) is 7.86. The van der Waals surface area contributed by atoms with E-state index in [0.29, 0.717) is 22.1 Å². The Kier molecular flexibility index (Phi) is 6.62. The molecule has 2 aromatic heterocycles. The van der Waals surface area contributed by atoms with Crippen molar-refractivity contribution in [2.75, 3.05) is 5.73 Å². The molecular formula is C23H23ClFN5O2. The summed E-state index contributed by atoms with van der Waals surface area (Å²) in [6.07, 6.45) is 4.44. The highest BCUT2D eigenvalue weighted by molar-refractivity contribution is 6.29. The fourth-order valence-electron chi connectivity index (χ4n) is 3.85. The van der Waals surface area contributed by atoms with E-state index in [0.717, 1.165) is 31.4 Å². The largest absolute Gasteiger partial charge is 0.393 e. The van der Waals surface area contributed by atoms with E-state index in [4.69, 9.17) is 17.3 Å². The van der Waals surface area contributed by atoms with Gasteiger partial charge in [0.1, 0.15) is 22.5 Å². The van der Waals surface area contributed by atoms with Crippen LogP contribution >= 0.6 is 11.6 Å². The molecule has 0 bridgehead atoms. The van der Waals surface area contributed by atoms with Gasteiger partial charge in [0.2, 0.25) is 0 Å². The highest BCUT2D eigenvalue weighted by Gasteiger charge is 2.23. The maximum Gasteiger partial charge on any atom is 0.254 e. The first-order chi connectivity index (χ1) is 15.4. The molecule has 1 aromatic carbocycles. The average molecular weight is 456 g/mol. The van der Waals surface area contributed by atoms with Crippen molar-refractivity contribution in [3.05, 3.63) is 70.5 Å². The third kappa shape index (κ3) is 5.03. The Labute approximate surface area is 189 Å². The van der Waals surface area contributed by atoms with Gasteiger partial charge < -0.3 is 16.2 Å². The molecule has 2 heterocycles. The van der Waals surface area contributed by atoms with Gasteiger partial charge >= 0.3 is 0 Å². The number of aliphatic hydroxyl groups excluding tert-OH is 1. The summed E-state index contributed by atoms with van der Waals surface area (Å²) >= 11 is 5.84. The minimum absolute atomic E-state index is 0.0975. The topological polar surface area (TPSA) is 114 Å². The molecule has 3 aromatic rings. The van der Waals surface area contributed by atoms with Gasteiger partial charge in [0.25, 0.3) is 5.91 Å². The number of nitrogens with one attached hydrogen (secondary N) is 1. The van der Waals surface area contributed by atoms with E-state index in [-0.39, 0.29) is 29.9 Å². The number of hydrogen-bond acceptors (Lipinski definition) is 6. The monoisotopic (exact) mass is 455 g/mol. The van der Waals surface area contributed by atoms with Crippen molar-refractivity contribution in [3.8, 4) is 11.3 Å². The number of carbonyl (C=O) groups is 1. The third-order valence-electron chi connectivity index (χ3n) is 5.62. The summed E-state index contributed by atoms with van der Waals surface area (Å²) in [7, 11) is 0. The standard InChI is InChI=1S/C23H23ClFN5O2/c24-20-3-1-2-15(29-20)11-28-23(32)17-9-6-14(10-18(17)25)21-22(26)27-12-19(30-21)13-4-7-16(31)8-5-13/h1-3,6,9-10,12-13,16,31H,4-5,7-8,11H2,(H2,26,27)(H,28,32)/t13-,16-. The van der Waals surface area contributed by atoms with Gasteiger partial charge in [0.15, 0.2) is 0 Å². The molecule has 0 saturated heterocycles. The maximum atomic E-state index is 14.8. The molecule has 0 radical (unpaired) electrons. The number of aromatic nitrogens is 3. The number of pyridine rings is 1. The Morgan fingerprint density at radius 2 is 1.97 bits per heavy atom. The summed E-state index contributed by atoms with van der Waals surface area (Å²) in [5.41, 5.74) is 8.08. The quantitative estimate of drug-likeness (QED) is 0.503. The number of nitrogen functional groups attached to an aromatic ring is 1. The predicted octanol–water partition coefficient (Wildman–Crippen LogP) is 3.86. The summed E-state index contributed by atoms with van der Waals surface area (Å²) in [5.74, 6) is -0.885. The number of nitrogens with zero attached hydrogens (tertiary/aromatic N) is 3.